The Balaban J connectivity index is 2.02. The molecule has 0 radical (unpaired) electrons. The van der Waals surface area contributed by atoms with E-state index in [-0.39, 0.29) is 23.4 Å². The van der Waals surface area contributed by atoms with Crippen molar-refractivity contribution in [3.8, 4) is 6.07 Å². The summed E-state index contributed by atoms with van der Waals surface area (Å²) in [5.41, 5.74) is 0.823. The predicted octanol–water partition coefficient (Wildman–Crippen LogP) is 1.31. The number of halogens is 1. The predicted molar refractivity (Wildman–Crippen MR) is 68.5 cm³/mol. The van der Waals surface area contributed by atoms with Gasteiger partial charge in [-0.15, -0.1) is 0 Å². The second kappa shape index (κ2) is 5.81. The fourth-order valence-corrected chi connectivity index (χ4v) is 2.25. The third-order valence-electron chi connectivity index (χ3n) is 3.43. The number of amides is 1. The minimum atomic E-state index is -0.518. The van der Waals surface area contributed by atoms with Crippen LogP contribution in [-0.4, -0.2) is 18.5 Å². The first-order valence-electron chi connectivity index (χ1n) is 6.31. The number of hydrogen-bond acceptors (Lipinski definition) is 3. The number of nitrogens with one attached hydrogen (secondary N) is 2. The third kappa shape index (κ3) is 3.09. The number of nitriles is 1. The average molecular weight is 261 g/mol. The molecule has 100 valence electrons. The van der Waals surface area contributed by atoms with Crippen LogP contribution in [0.3, 0.4) is 0 Å². The van der Waals surface area contributed by atoms with Gasteiger partial charge in [0.1, 0.15) is 11.9 Å². The Bertz CT molecular complexity index is 524. The largest absolute Gasteiger partial charge is 0.355 e. The van der Waals surface area contributed by atoms with Gasteiger partial charge in [-0.25, -0.2) is 4.39 Å². The summed E-state index contributed by atoms with van der Waals surface area (Å²) in [6.07, 6.45) is 0.941. The molecule has 5 heteroatoms. The quantitative estimate of drug-likeness (QED) is 0.862. The lowest BCUT2D eigenvalue weighted by Gasteiger charge is -2.29. The number of piperidine rings is 1. The normalized spacial score (nSPS) is 22.7. The van der Waals surface area contributed by atoms with E-state index in [0.717, 1.165) is 12.0 Å². The Kier molecular flexibility index (Phi) is 4.13. The summed E-state index contributed by atoms with van der Waals surface area (Å²) in [6, 6.07) is 5.98. The average Bonchev–Trinajstić information content (AvgIpc) is 2.40. The van der Waals surface area contributed by atoms with Crippen LogP contribution in [0.25, 0.3) is 0 Å². The van der Waals surface area contributed by atoms with Crippen molar-refractivity contribution in [2.75, 3.05) is 6.54 Å². The minimum Gasteiger partial charge on any atom is -0.355 e. The van der Waals surface area contributed by atoms with Gasteiger partial charge < -0.3 is 10.6 Å². The number of carbonyl (C=O) groups is 1. The van der Waals surface area contributed by atoms with Crippen molar-refractivity contribution in [2.45, 2.75) is 25.9 Å². The Morgan fingerprint density at radius 1 is 1.58 bits per heavy atom. The molecule has 0 aliphatic carbocycles. The summed E-state index contributed by atoms with van der Waals surface area (Å²) in [5.74, 6) is -0.249. The van der Waals surface area contributed by atoms with Crippen molar-refractivity contribution in [3.05, 3.63) is 35.1 Å². The van der Waals surface area contributed by atoms with Crippen LogP contribution in [0.4, 0.5) is 4.39 Å². The van der Waals surface area contributed by atoms with Gasteiger partial charge in [-0.05, 0) is 30.0 Å². The van der Waals surface area contributed by atoms with E-state index in [1.807, 2.05) is 13.0 Å². The number of rotatable bonds is 3. The monoisotopic (exact) mass is 261 g/mol. The highest BCUT2D eigenvalue weighted by atomic mass is 19.1. The number of carbonyl (C=O) groups excluding carboxylic acids is 1. The fraction of sp³-hybridized carbons (Fsp3) is 0.429. The zero-order valence-electron chi connectivity index (χ0n) is 10.7. The van der Waals surface area contributed by atoms with Crippen LogP contribution in [0, 0.1) is 23.1 Å². The van der Waals surface area contributed by atoms with Gasteiger partial charge in [-0.3, -0.25) is 4.79 Å². The van der Waals surface area contributed by atoms with Crippen molar-refractivity contribution in [1.29, 1.82) is 5.26 Å². The van der Waals surface area contributed by atoms with Gasteiger partial charge in [0, 0.05) is 13.1 Å². The number of hydrogen-bond donors (Lipinski definition) is 2. The van der Waals surface area contributed by atoms with E-state index in [9.17, 15) is 9.18 Å². The molecule has 1 saturated heterocycles. The highest BCUT2D eigenvalue weighted by Crippen LogP contribution is 2.14. The molecule has 1 fully saturated rings. The highest BCUT2D eigenvalue weighted by molar-refractivity contribution is 5.82. The first kappa shape index (κ1) is 13.5. The molecule has 0 spiro atoms. The molecule has 2 N–H and O–H groups in total. The molecule has 4 nitrogen and oxygen atoms in total. The van der Waals surface area contributed by atoms with Crippen molar-refractivity contribution in [3.63, 3.8) is 0 Å². The maximum absolute atomic E-state index is 13.2. The van der Waals surface area contributed by atoms with Crippen molar-refractivity contribution in [1.82, 2.24) is 10.6 Å². The Labute approximate surface area is 111 Å². The molecule has 1 aromatic rings. The summed E-state index contributed by atoms with van der Waals surface area (Å²) in [4.78, 5) is 11.7. The molecule has 1 aliphatic rings. The third-order valence-corrected chi connectivity index (χ3v) is 3.43. The molecule has 0 bridgehead atoms. The zero-order valence-corrected chi connectivity index (χ0v) is 10.7. The van der Waals surface area contributed by atoms with E-state index in [1.165, 1.54) is 12.1 Å². The lowest BCUT2D eigenvalue weighted by Crippen LogP contribution is -2.52. The van der Waals surface area contributed by atoms with E-state index < -0.39 is 5.82 Å². The Hall–Kier alpha value is -1.93. The van der Waals surface area contributed by atoms with Crippen molar-refractivity contribution >= 4 is 5.91 Å². The molecule has 1 aliphatic heterocycles. The van der Waals surface area contributed by atoms with Gasteiger partial charge in [0.05, 0.1) is 11.6 Å². The molecule has 0 saturated carbocycles. The Morgan fingerprint density at radius 2 is 2.37 bits per heavy atom. The van der Waals surface area contributed by atoms with Crippen molar-refractivity contribution in [2.24, 2.45) is 5.92 Å². The van der Waals surface area contributed by atoms with Crippen LogP contribution in [0.1, 0.15) is 24.5 Å². The molecular weight excluding hydrogens is 245 g/mol. The second-order valence-electron chi connectivity index (χ2n) is 4.84. The van der Waals surface area contributed by atoms with E-state index >= 15 is 0 Å². The maximum atomic E-state index is 13.2. The molecule has 1 heterocycles. The topological polar surface area (TPSA) is 64.9 Å². The van der Waals surface area contributed by atoms with Gasteiger partial charge in [0.15, 0.2) is 0 Å². The zero-order chi connectivity index (χ0) is 13.8. The van der Waals surface area contributed by atoms with E-state index in [2.05, 4.69) is 10.6 Å². The summed E-state index contributed by atoms with van der Waals surface area (Å²) in [6.45, 7) is 3.19. The van der Waals surface area contributed by atoms with Gasteiger partial charge in [0.25, 0.3) is 0 Å². The lowest BCUT2D eigenvalue weighted by atomic mass is 9.94. The fourth-order valence-electron chi connectivity index (χ4n) is 2.25. The molecule has 2 rings (SSSR count). The van der Waals surface area contributed by atoms with Gasteiger partial charge >= 0.3 is 0 Å². The van der Waals surface area contributed by atoms with Gasteiger partial charge in [-0.2, -0.15) is 5.26 Å². The Morgan fingerprint density at radius 3 is 3.05 bits per heavy atom. The maximum Gasteiger partial charge on any atom is 0.237 e. The number of benzene rings is 1. The summed E-state index contributed by atoms with van der Waals surface area (Å²) >= 11 is 0. The van der Waals surface area contributed by atoms with Crippen LogP contribution in [0.15, 0.2) is 18.2 Å². The molecule has 1 amide bonds. The SMILES string of the molecule is CC1CCNC(=O)C1NCc1ccc(F)c(C#N)c1. The van der Waals surface area contributed by atoms with Crippen LogP contribution < -0.4 is 10.6 Å². The molecular formula is C14H16FN3O. The van der Waals surface area contributed by atoms with Gasteiger partial charge in [0.2, 0.25) is 5.91 Å². The second-order valence-corrected chi connectivity index (χ2v) is 4.84. The lowest BCUT2D eigenvalue weighted by molar-refractivity contribution is -0.126. The van der Waals surface area contributed by atoms with Gasteiger partial charge in [-0.1, -0.05) is 13.0 Å². The van der Waals surface area contributed by atoms with E-state index in [4.69, 9.17) is 5.26 Å². The van der Waals surface area contributed by atoms with E-state index in [0.29, 0.717) is 13.1 Å². The standard InChI is InChI=1S/C14H16FN3O/c1-9-4-5-17-14(19)13(9)18-8-10-2-3-12(15)11(6-10)7-16/h2-3,6,9,13,18H,4-5,8H2,1H3,(H,17,19). The first-order chi connectivity index (χ1) is 9.11. The molecule has 1 aromatic carbocycles. The summed E-state index contributed by atoms with van der Waals surface area (Å²) < 4.78 is 13.2. The van der Waals surface area contributed by atoms with Crippen LogP contribution in [-0.2, 0) is 11.3 Å². The van der Waals surface area contributed by atoms with Crippen LogP contribution in [0.5, 0.6) is 0 Å². The summed E-state index contributed by atoms with van der Waals surface area (Å²) in [5, 5.41) is 14.8. The van der Waals surface area contributed by atoms with E-state index in [1.54, 1.807) is 6.07 Å². The van der Waals surface area contributed by atoms with Crippen molar-refractivity contribution < 1.29 is 9.18 Å². The molecule has 2 atom stereocenters. The molecule has 0 aromatic heterocycles. The number of nitrogens with zero attached hydrogens (tertiary/aromatic N) is 1. The first-order valence-corrected chi connectivity index (χ1v) is 6.31. The summed E-state index contributed by atoms with van der Waals surface area (Å²) in [7, 11) is 0. The molecule has 19 heavy (non-hydrogen) atoms. The smallest absolute Gasteiger partial charge is 0.237 e. The van der Waals surface area contributed by atoms with Crippen LogP contribution in [0.2, 0.25) is 0 Å². The molecule has 2 unspecified atom stereocenters. The highest BCUT2D eigenvalue weighted by Gasteiger charge is 2.27. The van der Waals surface area contributed by atoms with Crippen LogP contribution >= 0.6 is 0 Å². The minimum absolute atomic E-state index is 0.00127.